The zero-order valence-corrected chi connectivity index (χ0v) is 7.71. The van der Waals surface area contributed by atoms with Gasteiger partial charge in [-0.15, -0.1) is 0 Å². The lowest BCUT2D eigenvalue weighted by atomic mass is 10.1. The summed E-state index contributed by atoms with van der Waals surface area (Å²) in [6.07, 6.45) is -4.78. The van der Waals surface area contributed by atoms with Crippen molar-refractivity contribution in [2.75, 3.05) is 5.73 Å². The molecule has 0 radical (unpaired) electrons. The van der Waals surface area contributed by atoms with E-state index in [4.69, 9.17) is 5.73 Å². The summed E-state index contributed by atoms with van der Waals surface area (Å²) in [5.74, 6) is -0.694. The number of nitrogens with two attached hydrogens (primary N) is 1. The van der Waals surface area contributed by atoms with Crippen LogP contribution in [-0.2, 0) is 11.2 Å². The molecule has 0 spiro atoms. The Morgan fingerprint density at radius 2 is 2.13 bits per heavy atom. The van der Waals surface area contributed by atoms with E-state index < -0.39 is 18.4 Å². The van der Waals surface area contributed by atoms with Crippen LogP contribution < -0.4 is 5.73 Å². The lowest BCUT2D eigenvalue weighted by Crippen LogP contribution is -2.16. The van der Waals surface area contributed by atoms with Gasteiger partial charge >= 0.3 is 6.18 Å². The summed E-state index contributed by atoms with van der Waals surface area (Å²) in [5, 5.41) is 0. The second-order valence-electron chi connectivity index (χ2n) is 3.10. The van der Waals surface area contributed by atoms with Gasteiger partial charge in [0.05, 0.1) is 0 Å². The van der Waals surface area contributed by atoms with E-state index >= 15 is 0 Å². The molecule has 3 nitrogen and oxygen atoms in total. The van der Waals surface area contributed by atoms with Gasteiger partial charge in [-0.2, -0.15) is 13.2 Å². The molecule has 1 aromatic heterocycles. The van der Waals surface area contributed by atoms with Crippen molar-refractivity contribution in [2.45, 2.75) is 19.0 Å². The maximum absolute atomic E-state index is 11.8. The van der Waals surface area contributed by atoms with Crippen molar-refractivity contribution in [3.05, 3.63) is 23.9 Å². The number of hydrogen-bond donors (Lipinski definition) is 1. The van der Waals surface area contributed by atoms with Gasteiger partial charge in [0.1, 0.15) is 18.0 Å². The highest BCUT2D eigenvalue weighted by Gasteiger charge is 2.30. The standard InChI is InChI=1S/C9H9F3N2O/c10-9(11,12)5-7(15)3-6-1-2-14-8(13)4-6/h1-2,4H,3,5H2,(H2,13,14). The first-order valence-electron chi connectivity index (χ1n) is 4.16. The molecule has 0 aliphatic heterocycles. The predicted molar refractivity (Wildman–Crippen MR) is 48.0 cm³/mol. The fraction of sp³-hybridized carbons (Fsp3) is 0.333. The van der Waals surface area contributed by atoms with Crippen LogP contribution >= 0.6 is 0 Å². The third-order valence-corrected chi connectivity index (χ3v) is 1.64. The number of halogens is 3. The van der Waals surface area contributed by atoms with E-state index in [0.717, 1.165) is 0 Å². The molecule has 0 saturated carbocycles. The molecular weight excluding hydrogens is 209 g/mol. The fourth-order valence-electron chi connectivity index (χ4n) is 1.12. The van der Waals surface area contributed by atoms with Crippen molar-refractivity contribution in [1.29, 1.82) is 0 Å². The Labute approximate surface area is 84.1 Å². The Kier molecular flexibility index (Phi) is 3.28. The molecule has 0 unspecified atom stereocenters. The summed E-state index contributed by atoms with van der Waals surface area (Å²) in [4.78, 5) is 14.6. The first-order valence-corrected chi connectivity index (χ1v) is 4.16. The van der Waals surface area contributed by atoms with Gasteiger partial charge in [-0.05, 0) is 17.7 Å². The number of Topliss-reactive ketones (excluding diaryl/α,β-unsaturated/α-hetero) is 1. The van der Waals surface area contributed by atoms with Crippen molar-refractivity contribution < 1.29 is 18.0 Å². The molecule has 0 bridgehead atoms. The first-order chi connectivity index (χ1) is 6.87. The van der Waals surface area contributed by atoms with E-state index in [9.17, 15) is 18.0 Å². The normalized spacial score (nSPS) is 11.4. The van der Waals surface area contributed by atoms with Gasteiger partial charge in [0.2, 0.25) is 0 Å². The predicted octanol–water partition coefficient (Wildman–Crippen LogP) is 1.73. The van der Waals surface area contributed by atoms with Crippen LogP contribution in [0.2, 0.25) is 0 Å². The third kappa shape index (κ3) is 4.44. The van der Waals surface area contributed by atoms with E-state index in [-0.39, 0.29) is 12.2 Å². The molecule has 0 fully saturated rings. The molecule has 1 aromatic rings. The van der Waals surface area contributed by atoms with Gasteiger partial charge in [-0.1, -0.05) is 0 Å². The number of ketones is 1. The van der Waals surface area contributed by atoms with Crippen molar-refractivity contribution >= 4 is 11.6 Å². The number of pyridine rings is 1. The lowest BCUT2D eigenvalue weighted by Gasteiger charge is -2.05. The molecule has 2 N–H and O–H groups in total. The number of nitrogens with zero attached hydrogens (tertiary/aromatic N) is 1. The number of carbonyl (C=O) groups is 1. The molecule has 1 rings (SSSR count). The minimum absolute atomic E-state index is 0.187. The van der Waals surface area contributed by atoms with E-state index in [0.29, 0.717) is 5.56 Å². The molecule has 0 aliphatic rings. The van der Waals surface area contributed by atoms with E-state index in [1.807, 2.05) is 0 Å². The molecule has 0 saturated heterocycles. The summed E-state index contributed by atoms with van der Waals surface area (Å²) in [7, 11) is 0. The Hall–Kier alpha value is -1.59. The minimum atomic E-state index is -4.45. The number of rotatable bonds is 3. The van der Waals surface area contributed by atoms with Crippen molar-refractivity contribution in [2.24, 2.45) is 0 Å². The highest BCUT2D eigenvalue weighted by atomic mass is 19.4. The third-order valence-electron chi connectivity index (χ3n) is 1.64. The smallest absolute Gasteiger partial charge is 0.384 e. The average molecular weight is 218 g/mol. The molecule has 6 heteroatoms. The van der Waals surface area contributed by atoms with Crippen LogP contribution in [0.25, 0.3) is 0 Å². The molecule has 82 valence electrons. The minimum Gasteiger partial charge on any atom is -0.384 e. The summed E-state index contributed by atoms with van der Waals surface area (Å²) in [6.45, 7) is 0. The maximum Gasteiger partial charge on any atom is 0.395 e. The second-order valence-corrected chi connectivity index (χ2v) is 3.10. The van der Waals surface area contributed by atoms with Gasteiger partial charge < -0.3 is 5.73 Å². The maximum atomic E-state index is 11.8. The van der Waals surface area contributed by atoms with Gasteiger partial charge in [0, 0.05) is 12.6 Å². The lowest BCUT2D eigenvalue weighted by molar-refractivity contribution is -0.151. The van der Waals surface area contributed by atoms with E-state index in [1.165, 1.54) is 18.3 Å². The highest BCUT2D eigenvalue weighted by Crippen LogP contribution is 2.20. The van der Waals surface area contributed by atoms with E-state index in [1.54, 1.807) is 0 Å². The van der Waals surface area contributed by atoms with Crippen LogP contribution in [0.5, 0.6) is 0 Å². The topological polar surface area (TPSA) is 56.0 Å². The first kappa shape index (κ1) is 11.5. The van der Waals surface area contributed by atoms with Crippen molar-refractivity contribution in [1.82, 2.24) is 4.98 Å². The zero-order valence-electron chi connectivity index (χ0n) is 7.71. The molecule has 0 aromatic carbocycles. The van der Waals surface area contributed by atoms with Crippen LogP contribution in [0, 0.1) is 0 Å². The molecule has 0 atom stereocenters. The van der Waals surface area contributed by atoms with Crippen LogP contribution in [-0.4, -0.2) is 16.9 Å². The van der Waals surface area contributed by atoms with Gasteiger partial charge in [-0.3, -0.25) is 4.79 Å². The molecule has 1 heterocycles. The SMILES string of the molecule is Nc1cc(CC(=O)CC(F)(F)F)ccn1. The summed E-state index contributed by atoms with van der Waals surface area (Å²) < 4.78 is 35.5. The number of anilines is 1. The summed E-state index contributed by atoms with van der Waals surface area (Å²) in [5.41, 5.74) is 5.76. The van der Waals surface area contributed by atoms with Crippen LogP contribution in [0.4, 0.5) is 19.0 Å². The highest BCUT2D eigenvalue weighted by molar-refractivity contribution is 5.81. The van der Waals surface area contributed by atoms with Gasteiger partial charge in [0.15, 0.2) is 0 Å². The number of hydrogen-bond acceptors (Lipinski definition) is 3. The van der Waals surface area contributed by atoms with Crippen molar-refractivity contribution in [3.63, 3.8) is 0 Å². The molecule has 0 amide bonds. The second kappa shape index (κ2) is 4.29. The Balaban J connectivity index is 2.59. The summed E-state index contributed by atoms with van der Waals surface area (Å²) >= 11 is 0. The zero-order chi connectivity index (χ0) is 11.5. The Bertz CT molecular complexity index is 363. The number of aromatic nitrogens is 1. The number of nitrogen functional groups attached to an aromatic ring is 1. The monoisotopic (exact) mass is 218 g/mol. The van der Waals surface area contributed by atoms with Gasteiger partial charge in [0.25, 0.3) is 0 Å². The van der Waals surface area contributed by atoms with Crippen molar-refractivity contribution in [3.8, 4) is 0 Å². The van der Waals surface area contributed by atoms with Crippen LogP contribution in [0.3, 0.4) is 0 Å². The fourth-order valence-corrected chi connectivity index (χ4v) is 1.12. The van der Waals surface area contributed by atoms with E-state index in [2.05, 4.69) is 4.98 Å². The number of alkyl halides is 3. The Morgan fingerprint density at radius 1 is 1.47 bits per heavy atom. The largest absolute Gasteiger partial charge is 0.395 e. The summed E-state index contributed by atoms with van der Waals surface area (Å²) in [6, 6.07) is 2.85. The van der Waals surface area contributed by atoms with Crippen LogP contribution in [0.15, 0.2) is 18.3 Å². The van der Waals surface area contributed by atoms with Gasteiger partial charge in [-0.25, -0.2) is 4.98 Å². The molecule has 15 heavy (non-hydrogen) atoms. The molecule has 0 aliphatic carbocycles. The number of carbonyl (C=O) groups excluding carboxylic acids is 1. The van der Waals surface area contributed by atoms with Crippen LogP contribution in [0.1, 0.15) is 12.0 Å². The Morgan fingerprint density at radius 3 is 2.67 bits per heavy atom. The molecular formula is C9H9F3N2O. The average Bonchev–Trinajstić information content (AvgIpc) is 1.99. The quantitative estimate of drug-likeness (QED) is 0.840.